The maximum atomic E-state index is 12.0. The number of anilines is 1. The van der Waals surface area contributed by atoms with Crippen molar-refractivity contribution < 1.29 is 13.2 Å². The molecule has 0 spiro atoms. The molecule has 0 atom stereocenters. The number of benzene rings is 1. The fourth-order valence-corrected chi connectivity index (χ4v) is 2.82. The van der Waals surface area contributed by atoms with Gasteiger partial charge in [-0.15, -0.1) is 0 Å². The lowest BCUT2D eigenvalue weighted by molar-refractivity contribution is 0.100. The molecule has 1 aromatic heterocycles. The van der Waals surface area contributed by atoms with Crippen LogP contribution in [-0.4, -0.2) is 24.3 Å². The number of nitrogens with two attached hydrogens (primary N) is 1. The van der Waals surface area contributed by atoms with Crippen LogP contribution < -0.4 is 10.5 Å². The van der Waals surface area contributed by atoms with Crippen molar-refractivity contribution in [2.24, 2.45) is 5.73 Å². The van der Waals surface area contributed by atoms with Crippen LogP contribution in [-0.2, 0) is 10.0 Å². The van der Waals surface area contributed by atoms with Crippen LogP contribution >= 0.6 is 11.6 Å². The fourth-order valence-electron chi connectivity index (χ4n) is 1.52. The summed E-state index contributed by atoms with van der Waals surface area (Å²) in [6, 6.07) is 4.05. The molecule has 2 aromatic rings. The standard InChI is InChI=1S/C11H11ClN4O3S/c1-6-14-5-10(15-6)20(18,19)16-7-2-3-8(11(13)17)9(12)4-7/h2-5,16H,1H3,(H2,13,17)(H,14,15). The topological polar surface area (TPSA) is 118 Å². The van der Waals surface area contributed by atoms with E-state index >= 15 is 0 Å². The number of nitrogens with zero attached hydrogens (tertiary/aromatic N) is 1. The summed E-state index contributed by atoms with van der Waals surface area (Å²) in [6.45, 7) is 1.64. The lowest BCUT2D eigenvalue weighted by atomic mass is 10.2. The summed E-state index contributed by atoms with van der Waals surface area (Å²) in [4.78, 5) is 17.5. The second-order valence-electron chi connectivity index (χ2n) is 4.00. The highest BCUT2D eigenvalue weighted by atomic mass is 35.5. The van der Waals surface area contributed by atoms with Gasteiger partial charge in [0.2, 0.25) is 5.91 Å². The first-order valence-electron chi connectivity index (χ1n) is 5.43. The predicted molar refractivity (Wildman–Crippen MR) is 74.1 cm³/mol. The number of hydrogen-bond donors (Lipinski definition) is 3. The van der Waals surface area contributed by atoms with E-state index in [0.29, 0.717) is 5.82 Å². The number of carbonyl (C=O) groups is 1. The van der Waals surface area contributed by atoms with Crippen molar-refractivity contribution in [3.05, 3.63) is 40.8 Å². The zero-order valence-electron chi connectivity index (χ0n) is 10.3. The molecule has 4 N–H and O–H groups in total. The summed E-state index contributed by atoms with van der Waals surface area (Å²) in [5.74, 6) is -0.207. The van der Waals surface area contributed by atoms with E-state index in [-0.39, 0.29) is 21.3 Å². The number of H-pyrrole nitrogens is 1. The van der Waals surface area contributed by atoms with Gasteiger partial charge in [-0.2, -0.15) is 8.42 Å². The smallest absolute Gasteiger partial charge is 0.278 e. The molecule has 0 unspecified atom stereocenters. The van der Waals surface area contributed by atoms with Gasteiger partial charge in [0.15, 0.2) is 5.03 Å². The number of primary amides is 1. The normalized spacial score (nSPS) is 11.3. The molecule has 0 aliphatic carbocycles. The number of carbonyl (C=O) groups excluding carboxylic acids is 1. The average molecular weight is 315 g/mol. The number of aromatic nitrogens is 2. The van der Waals surface area contributed by atoms with Gasteiger partial charge >= 0.3 is 0 Å². The van der Waals surface area contributed by atoms with Gasteiger partial charge < -0.3 is 10.7 Å². The molecule has 0 saturated heterocycles. The molecule has 0 aliphatic rings. The number of imidazole rings is 1. The van der Waals surface area contributed by atoms with E-state index < -0.39 is 15.9 Å². The first-order valence-corrected chi connectivity index (χ1v) is 7.29. The fraction of sp³-hybridized carbons (Fsp3) is 0.0909. The van der Waals surface area contributed by atoms with Crippen molar-refractivity contribution in [3.8, 4) is 0 Å². The van der Waals surface area contributed by atoms with Crippen molar-refractivity contribution in [1.82, 2.24) is 9.97 Å². The molecule has 0 bridgehead atoms. The lowest BCUT2D eigenvalue weighted by Crippen LogP contribution is -2.15. The zero-order chi connectivity index (χ0) is 14.9. The third-order valence-electron chi connectivity index (χ3n) is 2.46. The van der Waals surface area contributed by atoms with Crippen LogP contribution in [0.3, 0.4) is 0 Å². The number of rotatable bonds is 4. The molecular weight excluding hydrogens is 304 g/mol. The molecule has 7 nitrogen and oxygen atoms in total. The molecule has 106 valence electrons. The first-order chi connectivity index (χ1) is 9.29. The largest absolute Gasteiger partial charge is 0.366 e. The summed E-state index contributed by atoms with van der Waals surface area (Å²) in [5, 5.41) is 0.00333. The maximum absolute atomic E-state index is 12.0. The van der Waals surface area contributed by atoms with Crippen molar-refractivity contribution in [3.63, 3.8) is 0 Å². The first kappa shape index (κ1) is 14.4. The Morgan fingerprint density at radius 1 is 1.45 bits per heavy atom. The van der Waals surface area contributed by atoms with Gasteiger partial charge in [0.05, 0.1) is 22.5 Å². The molecular formula is C11H11ClN4O3S. The highest BCUT2D eigenvalue weighted by Crippen LogP contribution is 2.22. The van der Waals surface area contributed by atoms with Crippen molar-refractivity contribution >= 4 is 33.2 Å². The third kappa shape index (κ3) is 2.91. The van der Waals surface area contributed by atoms with Crippen molar-refractivity contribution in [2.45, 2.75) is 11.9 Å². The zero-order valence-corrected chi connectivity index (χ0v) is 11.9. The Morgan fingerprint density at radius 3 is 2.65 bits per heavy atom. The summed E-state index contributed by atoms with van der Waals surface area (Å²) in [6.07, 6.45) is 1.21. The molecule has 1 heterocycles. The monoisotopic (exact) mass is 314 g/mol. The molecule has 0 aliphatic heterocycles. The third-order valence-corrected chi connectivity index (χ3v) is 4.06. The van der Waals surface area contributed by atoms with Crippen LogP contribution in [0.2, 0.25) is 5.02 Å². The number of nitrogens with one attached hydrogen (secondary N) is 2. The van der Waals surface area contributed by atoms with Gasteiger partial charge in [-0.3, -0.25) is 9.52 Å². The van der Waals surface area contributed by atoms with Crippen molar-refractivity contribution in [2.75, 3.05) is 4.72 Å². The molecule has 0 fully saturated rings. The van der Waals surface area contributed by atoms with Crippen LogP contribution in [0, 0.1) is 6.92 Å². The van der Waals surface area contributed by atoms with Crippen LogP contribution in [0.5, 0.6) is 0 Å². The van der Waals surface area contributed by atoms with Crippen molar-refractivity contribution in [1.29, 1.82) is 0 Å². The number of amides is 1. The molecule has 0 radical (unpaired) electrons. The lowest BCUT2D eigenvalue weighted by Gasteiger charge is -2.07. The van der Waals surface area contributed by atoms with Crippen LogP contribution in [0.25, 0.3) is 0 Å². The summed E-state index contributed by atoms with van der Waals surface area (Å²) in [7, 11) is -3.79. The second kappa shape index (κ2) is 5.14. The molecule has 0 saturated carbocycles. The van der Waals surface area contributed by atoms with E-state index in [4.69, 9.17) is 17.3 Å². The molecule has 9 heteroatoms. The number of hydrogen-bond acceptors (Lipinski definition) is 4. The second-order valence-corrected chi connectivity index (χ2v) is 6.06. The Morgan fingerprint density at radius 2 is 2.15 bits per heavy atom. The minimum atomic E-state index is -3.79. The Hall–Kier alpha value is -2.06. The van der Waals surface area contributed by atoms with E-state index in [1.165, 1.54) is 24.4 Å². The van der Waals surface area contributed by atoms with Crippen LogP contribution in [0.15, 0.2) is 29.4 Å². The molecule has 1 aromatic carbocycles. The number of aryl methyl sites for hydroxylation is 1. The highest BCUT2D eigenvalue weighted by Gasteiger charge is 2.17. The summed E-state index contributed by atoms with van der Waals surface area (Å²) < 4.78 is 26.4. The molecule has 1 amide bonds. The van der Waals surface area contributed by atoms with Crippen LogP contribution in [0.4, 0.5) is 5.69 Å². The SMILES string of the molecule is Cc1ncc(S(=O)(=O)Nc2ccc(C(N)=O)c(Cl)c2)[nH]1. The van der Waals surface area contributed by atoms with E-state index in [0.717, 1.165) is 0 Å². The predicted octanol–water partition coefficient (Wildman–Crippen LogP) is 1.27. The summed E-state index contributed by atoms with van der Waals surface area (Å²) in [5.41, 5.74) is 5.44. The van der Waals surface area contributed by atoms with Gasteiger partial charge in [0.25, 0.3) is 10.0 Å². The Kier molecular flexibility index (Phi) is 3.69. The number of aromatic amines is 1. The van der Waals surface area contributed by atoms with E-state index in [1.54, 1.807) is 6.92 Å². The van der Waals surface area contributed by atoms with Gasteiger partial charge in [0, 0.05) is 0 Å². The number of sulfonamides is 1. The quantitative estimate of drug-likeness (QED) is 0.787. The minimum absolute atomic E-state index is 0.0647. The van der Waals surface area contributed by atoms with Gasteiger partial charge in [-0.05, 0) is 25.1 Å². The molecule has 20 heavy (non-hydrogen) atoms. The summed E-state index contributed by atoms with van der Waals surface area (Å²) >= 11 is 5.85. The highest BCUT2D eigenvalue weighted by molar-refractivity contribution is 7.92. The Labute approximate surface area is 120 Å². The van der Waals surface area contributed by atoms with Gasteiger partial charge in [-0.25, -0.2) is 4.98 Å². The Bertz CT molecular complexity index is 770. The average Bonchev–Trinajstić information content (AvgIpc) is 2.75. The maximum Gasteiger partial charge on any atom is 0.278 e. The van der Waals surface area contributed by atoms with E-state index in [1.807, 2.05) is 0 Å². The van der Waals surface area contributed by atoms with Gasteiger partial charge in [0.1, 0.15) is 5.82 Å². The van der Waals surface area contributed by atoms with Gasteiger partial charge in [-0.1, -0.05) is 11.6 Å². The molecule has 2 rings (SSSR count). The van der Waals surface area contributed by atoms with E-state index in [2.05, 4.69) is 14.7 Å². The Balaban J connectivity index is 2.30. The minimum Gasteiger partial charge on any atom is -0.366 e. The number of halogens is 1. The van der Waals surface area contributed by atoms with E-state index in [9.17, 15) is 13.2 Å². The van der Waals surface area contributed by atoms with Crippen LogP contribution in [0.1, 0.15) is 16.2 Å².